The molecule has 2 aliphatic rings. The number of nitrogens with one attached hydrogen (secondary N) is 1. The Labute approximate surface area is 255 Å². The molecule has 0 aliphatic carbocycles. The number of aromatic nitrogens is 4. The first kappa shape index (κ1) is 28.0. The number of halogens is 2. The first-order valence-corrected chi connectivity index (χ1v) is 15.1. The maximum Gasteiger partial charge on any atom is 0.261 e. The maximum absolute atomic E-state index is 13.9. The minimum absolute atomic E-state index is 0.106. The second-order valence-corrected chi connectivity index (χ2v) is 11.9. The van der Waals surface area contributed by atoms with Gasteiger partial charge in [-0.2, -0.15) is 0 Å². The van der Waals surface area contributed by atoms with Crippen LogP contribution < -0.4 is 5.32 Å². The van der Waals surface area contributed by atoms with E-state index in [0.29, 0.717) is 63.0 Å². The predicted molar refractivity (Wildman–Crippen MR) is 158 cm³/mol. The SMILES string of the molecule is Cc1nnc(-c2c(CCc3ccc(F)cc3)nc3c(c2-c2ccc(C(=O)NCc4cncc(F)c4)s2)C(=O)N2CCC[C@H]32)o1. The van der Waals surface area contributed by atoms with Crippen molar-refractivity contribution >= 4 is 23.2 Å². The number of hydrogen-bond donors (Lipinski definition) is 1. The minimum atomic E-state index is -0.481. The molecule has 0 unspecified atom stereocenters. The van der Waals surface area contributed by atoms with Gasteiger partial charge in [0.05, 0.1) is 39.6 Å². The average Bonchev–Trinajstić information content (AvgIpc) is 3.82. The standard InChI is InChI=1S/C32H26F2N6O3S/c1-17-38-39-31(43-17)26-22(9-6-18-4-7-20(33)8-5-18)37-29-23-3-2-12-40(23)32(42)28(29)27(26)24-10-11-25(44-24)30(41)36-15-19-13-21(34)16-35-14-19/h4-5,7-8,10-11,13-14,16,23H,2-3,6,9,12,15H2,1H3,(H,36,41)/t23-/m1/s1. The van der Waals surface area contributed by atoms with Crippen LogP contribution in [0.15, 0.2) is 59.3 Å². The number of hydrogen-bond acceptors (Lipinski definition) is 8. The topological polar surface area (TPSA) is 114 Å². The van der Waals surface area contributed by atoms with Crippen molar-refractivity contribution in [2.75, 3.05) is 6.54 Å². The summed E-state index contributed by atoms with van der Waals surface area (Å²) in [6.45, 7) is 2.45. The fourth-order valence-corrected chi connectivity index (χ4v) is 6.92. The van der Waals surface area contributed by atoms with Crippen LogP contribution >= 0.6 is 11.3 Å². The second kappa shape index (κ2) is 11.3. The molecule has 0 spiro atoms. The van der Waals surface area contributed by atoms with Crippen molar-refractivity contribution in [3.05, 3.63) is 105 Å². The van der Waals surface area contributed by atoms with Gasteiger partial charge in [-0.1, -0.05) is 12.1 Å². The number of thiophene rings is 1. The van der Waals surface area contributed by atoms with Crippen molar-refractivity contribution < 1.29 is 22.8 Å². The van der Waals surface area contributed by atoms with Gasteiger partial charge < -0.3 is 14.6 Å². The van der Waals surface area contributed by atoms with Crippen LogP contribution in [-0.4, -0.2) is 43.4 Å². The van der Waals surface area contributed by atoms with E-state index in [2.05, 4.69) is 20.5 Å². The van der Waals surface area contributed by atoms with E-state index in [1.807, 2.05) is 11.0 Å². The molecule has 1 aromatic carbocycles. The number of fused-ring (bicyclic) bond motifs is 3. The third-order valence-corrected chi connectivity index (χ3v) is 9.04. The van der Waals surface area contributed by atoms with Crippen LogP contribution in [-0.2, 0) is 19.4 Å². The van der Waals surface area contributed by atoms with Crippen LogP contribution in [0, 0.1) is 18.6 Å². The monoisotopic (exact) mass is 612 g/mol. The highest BCUT2D eigenvalue weighted by molar-refractivity contribution is 7.17. The summed E-state index contributed by atoms with van der Waals surface area (Å²) in [6.07, 6.45) is 5.35. The van der Waals surface area contributed by atoms with Gasteiger partial charge in [0.25, 0.3) is 11.8 Å². The first-order chi connectivity index (χ1) is 21.4. The molecule has 4 aromatic heterocycles. The molecule has 44 heavy (non-hydrogen) atoms. The number of amides is 2. The Balaban J connectivity index is 1.32. The summed E-state index contributed by atoms with van der Waals surface area (Å²) in [6, 6.07) is 11.0. The van der Waals surface area contributed by atoms with Crippen LogP contribution in [0.3, 0.4) is 0 Å². The van der Waals surface area contributed by atoms with Crippen LogP contribution in [0.25, 0.3) is 21.9 Å². The van der Waals surface area contributed by atoms with Crippen molar-refractivity contribution in [3.63, 3.8) is 0 Å². The fraction of sp³-hybridized carbons (Fsp3) is 0.250. The number of carbonyl (C=O) groups excluding carboxylic acids is 2. The van der Waals surface area contributed by atoms with Gasteiger partial charge in [0, 0.05) is 36.7 Å². The zero-order valence-electron chi connectivity index (χ0n) is 23.6. The van der Waals surface area contributed by atoms with Crippen LogP contribution in [0.5, 0.6) is 0 Å². The van der Waals surface area contributed by atoms with E-state index in [4.69, 9.17) is 9.40 Å². The van der Waals surface area contributed by atoms with Crippen molar-refractivity contribution in [2.24, 2.45) is 0 Å². The van der Waals surface area contributed by atoms with Crippen molar-refractivity contribution in [1.29, 1.82) is 0 Å². The molecule has 1 fully saturated rings. The van der Waals surface area contributed by atoms with Gasteiger partial charge in [-0.3, -0.25) is 19.6 Å². The summed E-state index contributed by atoms with van der Waals surface area (Å²) >= 11 is 1.24. The Hall–Kier alpha value is -4.84. The number of nitrogens with zero attached hydrogens (tertiary/aromatic N) is 5. The number of carbonyl (C=O) groups is 2. The zero-order valence-corrected chi connectivity index (χ0v) is 24.5. The number of pyridine rings is 2. The second-order valence-electron chi connectivity index (χ2n) is 10.8. The van der Waals surface area contributed by atoms with E-state index in [1.54, 1.807) is 25.1 Å². The molecule has 12 heteroatoms. The molecule has 5 aromatic rings. The summed E-state index contributed by atoms with van der Waals surface area (Å²) in [5.74, 6) is -0.634. The first-order valence-electron chi connectivity index (χ1n) is 14.3. The van der Waals surface area contributed by atoms with Crippen LogP contribution in [0.2, 0.25) is 0 Å². The van der Waals surface area contributed by atoms with Gasteiger partial charge in [-0.15, -0.1) is 21.5 Å². The van der Waals surface area contributed by atoms with Crippen LogP contribution in [0.1, 0.15) is 67.3 Å². The molecule has 222 valence electrons. The molecule has 2 amide bonds. The molecule has 0 radical (unpaired) electrons. The Morgan fingerprint density at radius 3 is 2.64 bits per heavy atom. The Morgan fingerprint density at radius 2 is 1.86 bits per heavy atom. The molecule has 1 saturated heterocycles. The quantitative estimate of drug-likeness (QED) is 0.234. The highest BCUT2D eigenvalue weighted by Gasteiger charge is 2.44. The molecule has 1 N–H and O–H groups in total. The van der Waals surface area contributed by atoms with E-state index < -0.39 is 5.82 Å². The molecule has 6 heterocycles. The van der Waals surface area contributed by atoms with Gasteiger partial charge in [-0.05, 0) is 67.1 Å². The third-order valence-electron chi connectivity index (χ3n) is 7.94. The largest absolute Gasteiger partial charge is 0.421 e. The van der Waals surface area contributed by atoms with Gasteiger partial charge >= 0.3 is 0 Å². The van der Waals surface area contributed by atoms with Gasteiger partial charge in [0.2, 0.25) is 11.8 Å². The maximum atomic E-state index is 13.9. The lowest BCUT2D eigenvalue weighted by atomic mass is 9.93. The summed E-state index contributed by atoms with van der Waals surface area (Å²) in [5.41, 5.74) is 4.54. The summed E-state index contributed by atoms with van der Waals surface area (Å²) in [4.78, 5) is 38.9. The Morgan fingerprint density at radius 1 is 1.02 bits per heavy atom. The van der Waals surface area contributed by atoms with E-state index in [1.165, 1.54) is 35.7 Å². The molecular formula is C32H26F2N6O3S. The third kappa shape index (κ3) is 5.15. The van der Waals surface area contributed by atoms with E-state index in [-0.39, 0.29) is 36.1 Å². The molecule has 0 bridgehead atoms. The van der Waals surface area contributed by atoms with Gasteiger partial charge in [0.15, 0.2) is 0 Å². The van der Waals surface area contributed by atoms with E-state index >= 15 is 0 Å². The average molecular weight is 613 g/mol. The smallest absolute Gasteiger partial charge is 0.261 e. The molecule has 7 rings (SSSR count). The molecular weight excluding hydrogens is 586 g/mol. The molecule has 0 saturated carbocycles. The number of aryl methyl sites for hydroxylation is 3. The molecule has 1 atom stereocenters. The zero-order chi connectivity index (χ0) is 30.4. The van der Waals surface area contributed by atoms with E-state index in [9.17, 15) is 18.4 Å². The summed E-state index contributed by atoms with van der Waals surface area (Å²) < 4.78 is 33.1. The van der Waals surface area contributed by atoms with Gasteiger partial charge in [-0.25, -0.2) is 8.78 Å². The summed E-state index contributed by atoms with van der Waals surface area (Å²) in [7, 11) is 0. The highest BCUT2D eigenvalue weighted by Crippen LogP contribution is 2.49. The lowest BCUT2D eigenvalue weighted by molar-refractivity contribution is 0.0776. The highest BCUT2D eigenvalue weighted by atomic mass is 32.1. The normalized spacial score (nSPS) is 15.5. The van der Waals surface area contributed by atoms with Crippen LogP contribution in [0.4, 0.5) is 8.78 Å². The Kier molecular flexibility index (Phi) is 7.21. The minimum Gasteiger partial charge on any atom is -0.421 e. The van der Waals surface area contributed by atoms with Crippen molar-refractivity contribution in [3.8, 4) is 21.9 Å². The number of rotatable bonds is 8. The molecule has 9 nitrogen and oxygen atoms in total. The van der Waals surface area contributed by atoms with Gasteiger partial charge in [0.1, 0.15) is 11.6 Å². The lowest BCUT2D eigenvalue weighted by Crippen LogP contribution is -2.23. The predicted octanol–water partition coefficient (Wildman–Crippen LogP) is 5.85. The fourth-order valence-electron chi connectivity index (χ4n) is 5.94. The molecule has 2 aliphatic heterocycles. The van der Waals surface area contributed by atoms with E-state index in [0.717, 1.165) is 30.3 Å². The van der Waals surface area contributed by atoms with Crippen molar-refractivity contribution in [2.45, 2.75) is 45.2 Å². The lowest BCUT2D eigenvalue weighted by Gasteiger charge is -2.16. The Bertz CT molecular complexity index is 1900. The van der Waals surface area contributed by atoms with Crippen molar-refractivity contribution in [1.82, 2.24) is 30.4 Å². The summed E-state index contributed by atoms with van der Waals surface area (Å²) in [5, 5.41) is 11.2. The number of benzene rings is 1.